The van der Waals surface area contributed by atoms with Crippen LogP contribution in [-0.2, 0) is 6.54 Å². The van der Waals surface area contributed by atoms with E-state index in [4.69, 9.17) is 9.47 Å². The molecule has 0 aliphatic heterocycles. The molecule has 0 bridgehead atoms. The van der Waals surface area contributed by atoms with E-state index in [1.165, 1.54) is 0 Å². The summed E-state index contributed by atoms with van der Waals surface area (Å²) in [5.74, 6) is 1.20. The monoisotopic (exact) mass is 393 g/mol. The number of rotatable bonds is 8. The maximum absolute atomic E-state index is 12.5. The van der Waals surface area contributed by atoms with Gasteiger partial charge in [0.25, 0.3) is 5.91 Å². The summed E-state index contributed by atoms with van der Waals surface area (Å²) in [5.41, 5.74) is 3.84. The predicted molar refractivity (Wildman–Crippen MR) is 113 cm³/mol. The number of aryl methyl sites for hydroxylation is 2. The second-order valence-corrected chi connectivity index (χ2v) is 7.12. The standard InChI is InChI=1S/C23H27N3O3/c1-16-13-18(3)26(25-16)14-19-9-11-20(12-10-19)23(27)24-17(2)15-29-22-8-6-5-7-21(22)28-4/h5-13,17H,14-15H2,1-4H3,(H,24,27)/t17-/m0/s1. The van der Waals surface area contributed by atoms with Crippen LogP contribution in [0.3, 0.4) is 0 Å². The van der Waals surface area contributed by atoms with E-state index in [1.807, 2.05) is 74.0 Å². The van der Waals surface area contributed by atoms with E-state index in [0.717, 1.165) is 17.0 Å². The first-order valence-electron chi connectivity index (χ1n) is 9.63. The Morgan fingerprint density at radius 2 is 1.79 bits per heavy atom. The number of nitrogens with one attached hydrogen (secondary N) is 1. The third-order valence-corrected chi connectivity index (χ3v) is 4.59. The van der Waals surface area contributed by atoms with Crippen molar-refractivity contribution in [3.05, 3.63) is 77.1 Å². The van der Waals surface area contributed by atoms with E-state index >= 15 is 0 Å². The van der Waals surface area contributed by atoms with Gasteiger partial charge in [0.05, 0.1) is 25.4 Å². The summed E-state index contributed by atoms with van der Waals surface area (Å²) in [6.07, 6.45) is 0. The minimum Gasteiger partial charge on any atom is -0.493 e. The minimum atomic E-state index is -0.151. The summed E-state index contributed by atoms with van der Waals surface area (Å²) >= 11 is 0. The predicted octanol–water partition coefficient (Wildman–Crippen LogP) is 3.75. The number of carbonyl (C=O) groups excluding carboxylic acids is 1. The SMILES string of the molecule is COc1ccccc1OC[C@H](C)NC(=O)c1ccc(Cn2nc(C)cc2C)cc1. The highest BCUT2D eigenvalue weighted by Crippen LogP contribution is 2.25. The van der Waals surface area contributed by atoms with E-state index in [-0.39, 0.29) is 11.9 Å². The molecule has 0 fully saturated rings. The second-order valence-electron chi connectivity index (χ2n) is 7.12. The fraction of sp³-hybridized carbons (Fsp3) is 0.304. The van der Waals surface area contributed by atoms with Gasteiger partial charge >= 0.3 is 0 Å². The molecule has 1 N–H and O–H groups in total. The molecule has 0 aliphatic rings. The Kier molecular flexibility index (Phi) is 6.54. The largest absolute Gasteiger partial charge is 0.493 e. The fourth-order valence-electron chi connectivity index (χ4n) is 3.07. The van der Waals surface area contributed by atoms with E-state index < -0.39 is 0 Å². The quantitative estimate of drug-likeness (QED) is 0.633. The van der Waals surface area contributed by atoms with Crippen LogP contribution in [0.2, 0.25) is 0 Å². The molecule has 29 heavy (non-hydrogen) atoms. The zero-order valence-electron chi connectivity index (χ0n) is 17.3. The van der Waals surface area contributed by atoms with Crippen LogP contribution in [0, 0.1) is 13.8 Å². The van der Waals surface area contributed by atoms with Crippen molar-refractivity contribution in [1.29, 1.82) is 0 Å². The molecule has 3 rings (SSSR count). The summed E-state index contributed by atoms with van der Waals surface area (Å²) in [7, 11) is 1.60. The molecule has 2 aromatic carbocycles. The fourth-order valence-corrected chi connectivity index (χ4v) is 3.07. The molecule has 3 aromatic rings. The summed E-state index contributed by atoms with van der Waals surface area (Å²) in [5, 5.41) is 7.44. The number of methoxy groups -OCH3 is 1. The molecule has 6 nitrogen and oxygen atoms in total. The number of para-hydroxylation sites is 2. The lowest BCUT2D eigenvalue weighted by molar-refractivity contribution is 0.0926. The number of aromatic nitrogens is 2. The van der Waals surface area contributed by atoms with Crippen molar-refractivity contribution in [3.63, 3.8) is 0 Å². The number of nitrogens with zero attached hydrogens (tertiary/aromatic N) is 2. The smallest absolute Gasteiger partial charge is 0.251 e. The second kappa shape index (κ2) is 9.28. The van der Waals surface area contributed by atoms with Crippen molar-refractivity contribution < 1.29 is 14.3 Å². The van der Waals surface area contributed by atoms with Crippen LogP contribution >= 0.6 is 0 Å². The molecule has 0 radical (unpaired) electrons. The molecule has 0 spiro atoms. The number of carbonyl (C=O) groups is 1. The van der Waals surface area contributed by atoms with E-state index in [9.17, 15) is 4.79 Å². The Morgan fingerprint density at radius 1 is 1.10 bits per heavy atom. The average molecular weight is 393 g/mol. The number of hydrogen-bond acceptors (Lipinski definition) is 4. The van der Waals surface area contributed by atoms with Crippen LogP contribution in [0.15, 0.2) is 54.6 Å². The topological polar surface area (TPSA) is 65.4 Å². The molecule has 0 aliphatic carbocycles. The normalized spacial score (nSPS) is 11.7. The highest BCUT2D eigenvalue weighted by molar-refractivity contribution is 5.94. The lowest BCUT2D eigenvalue weighted by Gasteiger charge is -2.16. The van der Waals surface area contributed by atoms with Gasteiger partial charge in [0.2, 0.25) is 0 Å². The summed E-state index contributed by atoms with van der Waals surface area (Å²) < 4.78 is 13.0. The zero-order valence-corrected chi connectivity index (χ0v) is 17.3. The zero-order chi connectivity index (χ0) is 20.8. The van der Waals surface area contributed by atoms with Gasteiger partial charge in [-0.05, 0) is 56.7 Å². The molecule has 1 amide bonds. The van der Waals surface area contributed by atoms with Gasteiger partial charge in [-0.25, -0.2) is 0 Å². The third-order valence-electron chi connectivity index (χ3n) is 4.59. The van der Waals surface area contributed by atoms with Crippen molar-refractivity contribution in [1.82, 2.24) is 15.1 Å². The van der Waals surface area contributed by atoms with Gasteiger partial charge in [-0.15, -0.1) is 0 Å². The Labute approximate surface area is 171 Å². The molecule has 0 unspecified atom stereocenters. The first-order chi connectivity index (χ1) is 14.0. The number of amides is 1. The molecule has 0 saturated heterocycles. The summed E-state index contributed by atoms with van der Waals surface area (Å²) in [6, 6.07) is 16.9. The molecular weight excluding hydrogens is 366 g/mol. The van der Waals surface area contributed by atoms with Crippen LogP contribution in [0.4, 0.5) is 0 Å². The minimum absolute atomic E-state index is 0.126. The van der Waals surface area contributed by atoms with Gasteiger partial charge in [0.1, 0.15) is 6.61 Å². The number of ether oxygens (including phenoxy) is 2. The van der Waals surface area contributed by atoms with E-state index in [2.05, 4.69) is 16.5 Å². The molecule has 0 saturated carbocycles. The van der Waals surface area contributed by atoms with Crippen molar-refractivity contribution in [2.24, 2.45) is 0 Å². The van der Waals surface area contributed by atoms with Crippen LogP contribution in [0.25, 0.3) is 0 Å². The summed E-state index contributed by atoms with van der Waals surface area (Å²) in [4.78, 5) is 12.5. The first-order valence-corrected chi connectivity index (χ1v) is 9.63. The molecule has 152 valence electrons. The molecule has 1 atom stereocenters. The van der Waals surface area contributed by atoms with Gasteiger partial charge in [0.15, 0.2) is 11.5 Å². The van der Waals surface area contributed by atoms with Crippen LogP contribution < -0.4 is 14.8 Å². The Morgan fingerprint density at radius 3 is 2.41 bits per heavy atom. The maximum atomic E-state index is 12.5. The Hall–Kier alpha value is -3.28. The van der Waals surface area contributed by atoms with Gasteiger partial charge in [-0.2, -0.15) is 5.10 Å². The lowest BCUT2D eigenvalue weighted by Crippen LogP contribution is -2.36. The third kappa shape index (κ3) is 5.38. The van der Waals surface area contributed by atoms with Crippen LogP contribution in [0.1, 0.15) is 34.2 Å². The van der Waals surface area contributed by atoms with Crippen molar-refractivity contribution in [3.8, 4) is 11.5 Å². The van der Waals surface area contributed by atoms with Crippen molar-refractivity contribution >= 4 is 5.91 Å². The number of hydrogen-bond donors (Lipinski definition) is 1. The molecule has 1 aromatic heterocycles. The Balaban J connectivity index is 1.54. The van der Waals surface area contributed by atoms with E-state index in [0.29, 0.717) is 30.2 Å². The Bertz CT molecular complexity index is 964. The average Bonchev–Trinajstić information content (AvgIpc) is 3.03. The highest BCUT2D eigenvalue weighted by Gasteiger charge is 2.12. The van der Waals surface area contributed by atoms with Crippen molar-refractivity contribution in [2.75, 3.05) is 13.7 Å². The number of benzene rings is 2. The van der Waals surface area contributed by atoms with Gasteiger partial charge in [0, 0.05) is 11.3 Å². The molecule has 6 heteroatoms. The van der Waals surface area contributed by atoms with E-state index in [1.54, 1.807) is 7.11 Å². The van der Waals surface area contributed by atoms with Gasteiger partial charge in [-0.1, -0.05) is 24.3 Å². The first kappa shape index (κ1) is 20.5. The lowest BCUT2D eigenvalue weighted by atomic mass is 10.1. The maximum Gasteiger partial charge on any atom is 0.251 e. The van der Waals surface area contributed by atoms with Crippen LogP contribution in [-0.4, -0.2) is 35.4 Å². The molecule has 1 heterocycles. The van der Waals surface area contributed by atoms with Crippen LogP contribution in [0.5, 0.6) is 11.5 Å². The molecular formula is C23H27N3O3. The van der Waals surface area contributed by atoms with Crippen molar-refractivity contribution in [2.45, 2.75) is 33.4 Å². The van der Waals surface area contributed by atoms with Gasteiger partial charge < -0.3 is 14.8 Å². The van der Waals surface area contributed by atoms with Gasteiger partial charge in [-0.3, -0.25) is 9.48 Å². The highest BCUT2D eigenvalue weighted by atomic mass is 16.5. The summed E-state index contributed by atoms with van der Waals surface area (Å²) in [6.45, 7) is 6.96.